The van der Waals surface area contributed by atoms with Gasteiger partial charge in [0.05, 0.1) is 11.0 Å². The molecule has 0 saturated carbocycles. The quantitative estimate of drug-likeness (QED) is 0.373. The van der Waals surface area contributed by atoms with Gasteiger partial charge in [-0.15, -0.1) is 10.2 Å². The Balaban J connectivity index is 1.89. The molecule has 0 fully saturated rings. The minimum Gasteiger partial charge on any atom is -0.271 e. The number of rotatable bonds is 2. The molecule has 0 atom stereocenters. The molecular weight excluding hydrogens is 400 g/mol. The molecule has 3 aromatic carbocycles. The summed E-state index contributed by atoms with van der Waals surface area (Å²) in [6.45, 7) is 2.08. The molecule has 5 aromatic rings. The molecule has 0 N–H and O–H groups in total. The Labute approximate surface area is 164 Å². The average Bonchev–Trinajstić information content (AvgIpc) is 3.15. The van der Waals surface area contributed by atoms with Crippen molar-refractivity contribution in [2.24, 2.45) is 0 Å². The fourth-order valence-corrected chi connectivity index (χ4v) is 3.59. The summed E-state index contributed by atoms with van der Waals surface area (Å²) in [7, 11) is 0. The van der Waals surface area contributed by atoms with Crippen molar-refractivity contribution < 1.29 is 0 Å². The minimum atomic E-state index is 0.760. The van der Waals surface area contributed by atoms with Crippen molar-refractivity contribution in [3.05, 3.63) is 82.8 Å². The van der Waals surface area contributed by atoms with Gasteiger partial charge in [-0.05, 0) is 36.8 Å². The van der Waals surface area contributed by atoms with Crippen molar-refractivity contribution in [2.75, 3.05) is 0 Å². The smallest absolute Gasteiger partial charge is 0.188 e. The third-order valence-electron chi connectivity index (χ3n) is 4.69. The van der Waals surface area contributed by atoms with Crippen LogP contribution < -0.4 is 0 Å². The van der Waals surface area contributed by atoms with Crippen molar-refractivity contribution in [3.8, 4) is 22.6 Å². The first-order valence-corrected chi connectivity index (χ1v) is 9.47. The lowest BCUT2D eigenvalue weighted by atomic mass is 10.1. The number of fused-ring (bicyclic) bond motifs is 3. The summed E-state index contributed by atoms with van der Waals surface area (Å²) in [5, 5.41) is 9.04. The number of halogens is 1. The highest BCUT2D eigenvalue weighted by Crippen LogP contribution is 2.30. The summed E-state index contributed by atoms with van der Waals surface area (Å²) in [6, 6.07) is 24.5. The number of hydrogen-bond acceptors (Lipinski definition) is 3. The molecule has 4 nitrogen and oxygen atoms in total. The maximum absolute atomic E-state index is 4.88. The molecule has 0 aliphatic heterocycles. The summed E-state index contributed by atoms with van der Waals surface area (Å²) in [4.78, 5) is 4.88. The molecule has 0 saturated heterocycles. The summed E-state index contributed by atoms with van der Waals surface area (Å²) >= 11 is 3.57. The lowest BCUT2D eigenvalue weighted by Gasteiger charge is -2.09. The van der Waals surface area contributed by atoms with Crippen LogP contribution in [0.1, 0.15) is 5.56 Å². The van der Waals surface area contributed by atoms with Crippen LogP contribution in [0.15, 0.2) is 77.3 Å². The molecule has 0 amide bonds. The summed E-state index contributed by atoms with van der Waals surface area (Å²) in [5.41, 5.74) is 6.72. The number of hydrogen-bond donors (Lipinski definition) is 0. The number of benzene rings is 3. The van der Waals surface area contributed by atoms with E-state index in [9.17, 15) is 0 Å². The second kappa shape index (κ2) is 6.28. The van der Waals surface area contributed by atoms with Crippen LogP contribution in [0.3, 0.4) is 0 Å². The first kappa shape index (κ1) is 16.1. The molecule has 0 unspecified atom stereocenters. The van der Waals surface area contributed by atoms with Crippen molar-refractivity contribution in [3.63, 3.8) is 0 Å². The van der Waals surface area contributed by atoms with Crippen LogP contribution in [0.4, 0.5) is 0 Å². The highest BCUT2D eigenvalue weighted by atomic mass is 79.9. The number of para-hydroxylation sites is 2. The van der Waals surface area contributed by atoms with Crippen LogP contribution in [0.5, 0.6) is 0 Å². The third-order valence-corrected chi connectivity index (χ3v) is 5.58. The van der Waals surface area contributed by atoms with Gasteiger partial charge in [0.25, 0.3) is 0 Å². The van der Waals surface area contributed by atoms with Crippen molar-refractivity contribution in [2.45, 2.75) is 6.92 Å². The lowest BCUT2D eigenvalue weighted by molar-refractivity contribution is 1.11. The highest BCUT2D eigenvalue weighted by molar-refractivity contribution is 9.10. The lowest BCUT2D eigenvalue weighted by Crippen LogP contribution is -1.98. The van der Waals surface area contributed by atoms with E-state index in [4.69, 9.17) is 4.98 Å². The van der Waals surface area contributed by atoms with E-state index in [0.717, 1.165) is 49.4 Å². The van der Waals surface area contributed by atoms with Gasteiger partial charge in [0.1, 0.15) is 5.69 Å². The first-order chi connectivity index (χ1) is 13.2. The van der Waals surface area contributed by atoms with E-state index in [1.807, 2.05) is 42.5 Å². The Bertz CT molecular complexity index is 1290. The Kier molecular flexibility index (Phi) is 3.76. The normalized spacial score (nSPS) is 11.3. The Morgan fingerprint density at radius 1 is 0.815 bits per heavy atom. The fourth-order valence-electron chi connectivity index (χ4n) is 3.34. The molecule has 5 rings (SSSR count). The molecule has 2 heterocycles. The zero-order valence-electron chi connectivity index (χ0n) is 14.6. The van der Waals surface area contributed by atoms with E-state index in [0.29, 0.717) is 0 Å². The second-order valence-electron chi connectivity index (χ2n) is 6.46. The van der Waals surface area contributed by atoms with Gasteiger partial charge >= 0.3 is 0 Å². The Morgan fingerprint density at radius 2 is 1.59 bits per heavy atom. The van der Waals surface area contributed by atoms with Gasteiger partial charge in [-0.1, -0.05) is 64.5 Å². The fraction of sp³-hybridized carbons (Fsp3) is 0.0455. The van der Waals surface area contributed by atoms with Gasteiger partial charge in [-0.2, -0.15) is 0 Å². The Morgan fingerprint density at radius 3 is 2.41 bits per heavy atom. The van der Waals surface area contributed by atoms with Gasteiger partial charge in [-0.25, -0.2) is 4.98 Å². The van der Waals surface area contributed by atoms with Crippen LogP contribution in [-0.2, 0) is 0 Å². The summed E-state index contributed by atoms with van der Waals surface area (Å²) < 4.78 is 3.18. The van der Waals surface area contributed by atoms with Gasteiger partial charge in [-0.3, -0.25) is 4.40 Å². The summed E-state index contributed by atoms with van der Waals surface area (Å²) in [5.74, 6) is 0.816. The molecule has 27 heavy (non-hydrogen) atoms. The molecule has 2 aromatic heterocycles. The molecule has 130 valence electrons. The Hall–Kier alpha value is -3.05. The molecule has 0 aliphatic carbocycles. The molecular formula is C22H15BrN4. The number of aryl methyl sites for hydroxylation is 1. The van der Waals surface area contributed by atoms with Gasteiger partial charge in [0.2, 0.25) is 0 Å². The number of aromatic nitrogens is 4. The van der Waals surface area contributed by atoms with Gasteiger partial charge in [0.15, 0.2) is 11.5 Å². The standard InChI is InChI=1S/C22H15BrN4/c1-14-13-16(11-12-17(14)23)21-25-26-22-20(15-7-3-2-4-8-15)24-18-9-5-6-10-19(18)27(21)22/h2-13H,1H3. The predicted molar refractivity (Wildman–Crippen MR) is 112 cm³/mol. The van der Waals surface area contributed by atoms with Crippen LogP contribution >= 0.6 is 15.9 Å². The van der Waals surface area contributed by atoms with Gasteiger partial charge in [0, 0.05) is 15.6 Å². The zero-order chi connectivity index (χ0) is 18.4. The van der Waals surface area contributed by atoms with E-state index in [-0.39, 0.29) is 0 Å². The van der Waals surface area contributed by atoms with Gasteiger partial charge < -0.3 is 0 Å². The zero-order valence-corrected chi connectivity index (χ0v) is 16.2. The van der Waals surface area contributed by atoms with Crippen LogP contribution in [0.2, 0.25) is 0 Å². The van der Waals surface area contributed by atoms with E-state index in [1.54, 1.807) is 0 Å². The minimum absolute atomic E-state index is 0.760. The van der Waals surface area contributed by atoms with E-state index < -0.39 is 0 Å². The van der Waals surface area contributed by atoms with Crippen LogP contribution in [-0.4, -0.2) is 19.6 Å². The van der Waals surface area contributed by atoms with Crippen molar-refractivity contribution >= 4 is 32.6 Å². The molecule has 0 bridgehead atoms. The van der Waals surface area contributed by atoms with E-state index >= 15 is 0 Å². The summed E-state index contributed by atoms with van der Waals surface area (Å²) in [6.07, 6.45) is 0. The maximum Gasteiger partial charge on any atom is 0.188 e. The number of nitrogens with zero attached hydrogens (tertiary/aromatic N) is 4. The molecule has 5 heteroatoms. The molecule has 0 spiro atoms. The molecule has 0 radical (unpaired) electrons. The van der Waals surface area contributed by atoms with Crippen LogP contribution in [0, 0.1) is 6.92 Å². The first-order valence-electron chi connectivity index (χ1n) is 8.68. The highest BCUT2D eigenvalue weighted by Gasteiger charge is 2.17. The molecule has 0 aliphatic rings. The van der Waals surface area contributed by atoms with Crippen molar-refractivity contribution in [1.29, 1.82) is 0 Å². The second-order valence-corrected chi connectivity index (χ2v) is 7.32. The topological polar surface area (TPSA) is 43.1 Å². The average molecular weight is 415 g/mol. The van der Waals surface area contributed by atoms with E-state index in [2.05, 4.69) is 67.8 Å². The monoisotopic (exact) mass is 414 g/mol. The van der Waals surface area contributed by atoms with Crippen LogP contribution in [0.25, 0.3) is 39.3 Å². The van der Waals surface area contributed by atoms with Crippen molar-refractivity contribution in [1.82, 2.24) is 19.6 Å². The van der Waals surface area contributed by atoms with E-state index in [1.165, 1.54) is 0 Å². The largest absolute Gasteiger partial charge is 0.271 e. The maximum atomic E-state index is 4.88. The third kappa shape index (κ3) is 2.62. The SMILES string of the molecule is Cc1cc(-c2nnc3c(-c4ccccc4)nc4ccccc4n23)ccc1Br. The predicted octanol–water partition coefficient (Wildman–Crippen LogP) is 5.68.